The van der Waals surface area contributed by atoms with Crippen LogP contribution in [0.1, 0.15) is 44.5 Å². The Balaban J connectivity index is 1.76. The fourth-order valence-corrected chi connectivity index (χ4v) is 4.01. The van der Waals surface area contributed by atoms with E-state index in [1.165, 1.54) is 22.6 Å². The number of fused-ring (bicyclic) bond motifs is 1. The van der Waals surface area contributed by atoms with E-state index in [2.05, 4.69) is 12.2 Å². The van der Waals surface area contributed by atoms with Crippen LogP contribution in [0.4, 0.5) is 5.69 Å². The number of carbonyl (C=O) groups excluding carboxylic acids is 1. The second-order valence-corrected chi connectivity index (χ2v) is 6.70. The zero-order chi connectivity index (χ0) is 15.7. The van der Waals surface area contributed by atoms with Crippen molar-refractivity contribution in [1.29, 1.82) is 0 Å². The SMILES string of the molecule is CC1CCc2c(C(=O)Nc3ccc(C(=O)O)cc3)csc2C1. The van der Waals surface area contributed by atoms with Crippen LogP contribution in [0.2, 0.25) is 0 Å². The fraction of sp³-hybridized carbons (Fsp3) is 0.294. The molecule has 2 aromatic rings. The second kappa shape index (κ2) is 5.93. The highest BCUT2D eigenvalue weighted by molar-refractivity contribution is 7.10. The Hall–Kier alpha value is -2.14. The number of anilines is 1. The summed E-state index contributed by atoms with van der Waals surface area (Å²) in [4.78, 5) is 24.6. The molecule has 1 amide bonds. The van der Waals surface area contributed by atoms with Crippen LogP contribution in [0, 0.1) is 5.92 Å². The second-order valence-electron chi connectivity index (χ2n) is 5.74. The van der Waals surface area contributed by atoms with Crippen molar-refractivity contribution in [3.63, 3.8) is 0 Å². The Labute approximate surface area is 132 Å². The Morgan fingerprint density at radius 1 is 1.27 bits per heavy atom. The van der Waals surface area contributed by atoms with E-state index in [9.17, 15) is 9.59 Å². The number of hydrogen-bond acceptors (Lipinski definition) is 3. The third-order valence-electron chi connectivity index (χ3n) is 4.04. The van der Waals surface area contributed by atoms with Gasteiger partial charge in [-0.15, -0.1) is 11.3 Å². The minimum atomic E-state index is -0.973. The molecule has 1 aromatic carbocycles. The van der Waals surface area contributed by atoms with E-state index in [0.29, 0.717) is 11.6 Å². The van der Waals surface area contributed by atoms with E-state index in [1.54, 1.807) is 23.5 Å². The Bertz CT molecular complexity index is 718. The van der Waals surface area contributed by atoms with Crippen LogP contribution in [-0.2, 0) is 12.8 Å². The van der Waals surface area contributed by atoms with Crippen LogP contribution < -0.4 is 5.32 Å². The average Bonchev–Trinajstić information content (AvgIpc) is 2.90. The Kier molecular flexibility index (Phi) is 3.98. The normalized spacial score (nSPS) is 16.9. The van der Waals surface area contributed by atoms with Crippen LogP contribution in [0.3, 0.4) is 0 Å². The first kappa shape index (κ1) is 14.8. The van der Waals surface area contributed by atoms with E-state index >= 15 is 0 Å². The van der Waals surface area contributed by atoms with Crippen molar-refractivity contribution < 1.29 is 14.7 Å². The molecule has 1 aliphatic rings. The molecular formula is C17H17NO3S. The number of thiophene rings is 1. The quantitative estimate of drug-likeness (QED) is 0.904. The lowest BCUT2D eigenvalue weighted by Crippen LogP contribution is -2.16. The minimum absolute atomic E-state index is 0.116. The van der Waals surface area contributed by atoms with Crippen molar-refractivity contribution in [1.82, 2.24) is 0 Å². The molecule has 1 atom stereocenters. The average molecular weight is 315 g/mol. The van der Waals surface area contributed by atoms with Gasteiger partial charge in [0.1, 0.15) is 0 Å². The summed E-state index contributed by atoms with van der Waals surface area (Å²) in [6.45, 7) is 2.24. The molecular weight excluding hydrogens is 298 g/mol. The number of rotatable bonds is 3. The van der Waals surface area contributed by atoms with E-state index in [1.807, 2.05) is 5.38 Å². The molecule has 5 heteroatoms. The highest BCUT2D eigenvalue weighted by atomic mass is 32.1. The number of carboxylic acid groups (broad SMARTS) is 1. The van der Waals surface area contributed by atoms with Crippen molar-refractivity contribution in [3.05, 3.63) is 51.2 Å². The van der Waals surface area contributed by atoms with Crippen molar-refractivity contribution in [3.8, 4) is 0 Å². The lowest BCUT2D eigenvalue weighted by molar-refractivity contribution is 0.0696. The van der Waals surface area contributed by atoms with E-state index in [-0.39, 0.29) is 11.5 Å². The molecule has 0 fully saturated rings. The lowest BCUT2D eigenvalue weighted by Gasteiger charge is -2.18. The Morgan fingerprint density at radius 3 is 2.68 bits per heavy atom. The molecule has 4 nitrogen and oxygen atoms in total. The molecule has 1 unspecified atom stereocenters. The summed E-state index contributed by atoms with van der Waals surface area (Å²) >= 11 is 1.66. The molecule has 3 rings (SSSR count). The fourth-order valence-electron chi connectivity index (χ4n) is 2.76. The maximum absolute atomic E-state index is 12.4. The molecule has 0 saturated carbocycles. The standard InChI is InChI=1S/C17H17NO3S/c1-10-2-7-13-14(9-22-15(13)8-10)16(19)18-12-5-3-11(4-6-12)17(20)21/h3-6,9-10H,2,7-8H2,1H3,(H,18,19)(H,20,21). The summed E-state index contributed by atoms with van der Waals surface area (Å²) < 4.78 is 0. The van der Waals surface area contributed by atoms with Gasteiger partial charge in [-0.1, -0.05) is 6.92 Å². The molecule has 0 aliphatic heterocycles. The number of amides is 1. The van der Waals surface area contributed by atoms with E-state index in [4.69, 9.17) is 5.11 Å². The lowest BCUT2D eigenvalue weighted by atomic mass is 9.88. The summed E-state index contributed by atoms with van der Waals surface area (Å²) in [5.41, 5.74) is 2.76. The molecule has 0 saturated heterocycles. The number of carboxylic acids is 1. The van der Waals surface area contributed by atoms with Crippen molar-refractivity contribution in [2.75, 3.05) is 5.32 Å². The monoisotopic (exact) mass is 315 g/mol. The topological polar surface area (TPSA) is 66.4 Å². The maximum Gasteiger partial charge on any atom is 0.335 e. The van der Waals surface area contributed by atoms with Crippen LogP contribution in [0.25, 0.3) is 0 Å². The number of aromatic carboxylic acids is 1. The molecule has 0 bridgehead atoms. The van der Waals surface area contributed by atoms with E-state index in [0.717, 1.165) is 24.8 Å². The van der Waals surface area contributed by atoms with Gasteiger partial charge < -0.3 is 10.4 Å². The molecule has 0 radical (unpaired) electrons. The Morgan fingerprint density at radius 2 is 2.00 bits per heavy atom. The molecule has 1 aromatic heterocycles. The summed E-state index contributed by atoms with van der Waals surface area (Å²) in [7, 11) is 0. The van der Waals surface area contributed by atoms with Crippen molar-refractivity contribution in [2.24, 2.45) is 5.92 Å². The van der Waals surface area contributed by atoms with Gasteiger partial charge >= 0.3 is 5.97 Å². The summed E-state index contributed by atoms with van der Waals surface area (Å²) in [6, 6.07) is 6.20. The summed E-state index contributed by atoms with van der Waals surface area (Å²) in [5.74, 6) is -0.403. The third-order valence-corrected chi connectivity index (χ3v) is 5.09. The van der Waals surface area contributed by atoms with Crippen molar-refractivity contribution >= 4 is 28.9 Å². The van der Waals surface area contributed by atoms with Gasteiger partial charge in [0.15, 0.2) is 0 Å². The molecule has 2 N–H and O–H groups in total. The summed E-state index contributed by atoms with van der Waals surface area (Å²) in [5, 5.41) is 13.7. The first-order valence-electron chi connectivity index (χ1n) is 7.28. The van der Waals surface area contributed by atoms with Gasteiger partial charge in [-0.2, -0.15) is 0 Å². The van der Waals surface area contributed by atoms with Crippen LogP contribution in [0.15, 0.2) is 29.6 Å². The molecule has 1 aliphatic carbocycles. The first-order chi connectivity index (χ1) is 10.5. The number of benzene rings is 1. The number of nitrogens with one attached hydrogen (secondary N) is 1. The summed E-state index contributed by atoms with van der Waals surface area (Å²) in [6.07, 6.45) is 3.14. The van der Waals surface area contributed by atoms with Crippen LogP contribution >= 0.6 is 11.3 Å². The maximum atomic E-state index is 12.4. The zero-order valence-electron chi connectivity index (χ0n) is 12.3. The predicted molar refractivity (Wildman–Crippen MR) is 86.9 cm³/mol. The van der Waals surface area contributed by atoms with Gasteiger partial charge in [0.2, 0.25) is 0 Å². The smallest absolute Gasteiger partial charge is 0.335 e. The molecule has 1 heterocycles. The van der Waals surface area contributed by atoms with Crippen LogP contribution in [-0.4, -0.2) is 17.0 Å². The number of hydrogen-bond donors (Lipinski definition) is 2. The van der Waals surface area contributed by atoms with Crippen molar-refractivity contribution in [2.45, 2.75) is 26.2 Å². The molecule has 0 spiro atoms. The third kappa shape index (κ3) is 2.90. The molecule has 114 valence electrons. The predicted octanol–water partition coefficient (Wildman–Crippen LogP) is 3.82. The largest absolute Gasteiger partial charge is 0.478 e. The highest BCUT2D eigenvalue weighted by Crippen LogP contribution is 2.33. The molecule has 22 heavy (non-hydrogen) atoms. The van der Waals surface area contributed by atoms with Gasteiger partial charge in [-0.25, -0.2) is 4.79 Å². The highest BCUT2D eigenvalue weighted by Gasteiger charge is 2.23. The van der Waals surface area contributed by atoms with Gasteiger partial charge in [0, 0.05) is 15.9 Å². The van der Waals surface area contributed by atoms with Gasteiger partial charge in [0.05, 0.1) is 11.1 Å². The van der Waals surface area contributed by atoms with E-state index < -0.39 is 5.97 Å². The zero-order valence-corrected chi connectivity index (χ0v) is 13.1. The van der Waals surface area contributed by atoms with Crippen LogP contribution in [0.5, 0.6) is 0 Å². The minimum Gasteiger partial charge on any atom is -0.478 e. The van der Waals surface area contributed by atoms with Gasteiger partial charge in [-0.3, -0.25) is 4.79 Å². The van der Waals surface area contributed by atoms with Gasteiger partial charge in [-0.05, 0) is 55.0 Å². The van der Waals surface area contributed by atoms with Gasteiger partial charge in [0.25, 0.3) is 5.91 Å². The number of carbonyl (C=O) groups is 2. The first-order valence-corrected chi connectivity index (χ1v) is 8.16.